The molecule has 294 valence electrons. The van der Waals surface area contributed by atoms with Gasteiger partial charge in [0.25, 0.3) is 0 Å². The van der Waals surface area contributed by atoms with Crippen LogP contribution in [0.3, 0.4) is 0 Å². The van der Waals surface area contributed by atoms with Crippen LogP contribution in [-0.4, -0.2) is 77.3 Å². The van der Waals surface area contributed by atoms with E-state index < -0.39 is 61.1 Å². The molecule has 11 heteroatoms. The number of nitrogens with zero attached hydrogens (tertiary/aromatic N) is 1. The summed E-state index contributed by atoms with van der Waals surface area (Å²) in [5.41, 5.74) is -1.79. The van der Waals surface area contributed by atoms with Gasteiger partial charge in [0.05, 0.1) is 22.1 Å². The van der Waals surface area contributed by atoms with E-state index in [9.17, 15) is 32.4 Å². The van der Waals surface area contributed by atoms with Gasteiger partial charge in [-0.15, -0.1) is 6.58 Å². The standard InChI is InChI=1S/C41H67N3O7S/c1-10-11-18-31(45)34(47)28(23-27-16-15-17-27)24-32(46)33-29-19-22-40(8,9)30(29)25-44(33)36(48)35(38(2,3)4)42-37(49)43-41(20-13-12-14-21-41)26-52(50,51)39(5,6)7/h10,27-30,33,35H,1,11-26H2,2-9H3,(H2,42,43,49)/t28?,29-,30-,33-,35+/m0/s1. The van der Waals surface area contributed by atoms with Crippen LogP contribution in [-0.2, 0) is 29.0 Å². The molecule has 0 aromatic carbocycles. The molecule has 0 aromatic heterocycles. The van der Waals surface area contributed by atoms with Gasteiger partial charge in [-0.05, 0) is 87.9 Å². The van der Waals surface area contributed by atoms with Crippen molar-refractivity contribution in [2.75, 3.05) is 12.3 Å². The minimum atomic E-state index is -3.56. The molecule has 0 radical (unpaired) electrons. The predicted octanol–water partition coefficient (Wildman–Crippen LogP) is 6.75. The number of ketones is 3. The van der Waals surface area contributed by atoms with Crippen LogP contribution in [0.25, 0.3) is 0 Å². The average Bonchev–Trinajstić information content (AvgIpc) is 3.54. The summed E-state index contributed by atoms with van der Waals surface area (Å²) in [5.74, 6) is -2.07. The van der Waals surface area contributed by atoms with E-state index >= 15 is 0 Å². The third-order valence-electron chi connectivity index (χ3n) is 12.9. The number of urea groups is 1. The number of sulfone groups is 1. The van der Waals surface area contributed by atoms with Gasteiger partial charge in [0.2, 0.25) is 11.7 Å². The number of hydrogen-bond acceptors (Lipinski definition) is 7. The highest BCUT2D eigenvalue weighted by molar-refractivity contribution is 7.92. The highest BCUT2D eigenvalue weighted by atomic mass is 32.2. The quantitative estimate of drug-likeness (QED) is 0.139. The smallest absolute Gasteiger partial charge is 0.315 e. The first-order valence-electron chi connectivity index (χ1n) is 19.8. The normalized spacial score (nSPS) is 25.7. The van der Waals surface area contributed by atoms with Crippen molar-refractivity contribution >= 4 is 39.1 Å². The number of fused-ring (bicyclic) bond motifs is 1. The fourth-order valence-electron chi connectivity index (χ4n) is 9.16. The second-order valence-electron chi connectivity index (χ2n) is 19.4. The number of rotatable bonds is 15. The Bertz CT molecular complexity index is 1480. The summed E-state index contributed by atoms with van der Waals surface area (Å²) in [6.45, 7) is 19.0. The van der Waals surface area contributed by atoms with Crippen molar-refractivity contribution in [2.24, 2.45) is 34.5 Å². The number of likely N-dealkylation sites (tertiary alicyclic amines) is 1. The van der Waals surface area contributed by atoms with Crippen LogP contribution < -0.4 is 10.6 Å². The van der Waals surface area contributed by atoms with Gasteiger partial charge in [0.1, 0.15) is 6.04 Å². The van der Waals surface area contributed by atoms with E-state index in [4.69, 9.17) is 0 Å². The van der Waals surface area contributed by atoms with Crippen molar-refractivity contribution in [1.82, 2.24) is 15.5 Å². The van der Waals surface area contributed by atoms with Crippen molar-refractivity contribution < 1.29 is 32.4 Å². The Morgan fingerprint density at radius 3 is 2.10 bits per heavy atom. The number of carbonyl (C=O) groups is 5. The zero-order chi connectivity index (χ0) is 38.9. The van der Waals surface area contributed by atoms with Crippen molar-refractivity contribution in [1.29, 1.82) is 0 Å². The fourth-order valence-corrected chi connectivity index (χ4v) is 10.7. The average molecular weight is 746 g/mol. The zero-order valence-corrected chi connectivity index (χ0v) is 34.1. The lowest BCUT2D eigenvalue weighted by atomic mass is 9.74. The van der Waals surface area contributed by atoms with Crippen LogP contribution in [0.15, 0.2) is 12.7 Å². The maximum atomic E-state index is 14.8. The molecule has 1 unspecified atom stereocenters. The molecule has 0 bridgehead atoms. The van der Waals surface area contributed by atoms with Gasteiger partial charge >= 0.3 is 6.03 Å². The Morgan fingerprint density at radius 2 is 1.56 bits per heavy atom. The van der Waals surface area contributed by atoms with Crippen molar-refractivity contribution in [3.05, 3.63) is 12.7 Å². The Hall–Kier alpha value is -2.56. The highest BCUT2D eigenvalue weighted by Gasteiger charge is 2.57. The minimum absolute atomic E-state index is 0.0722. The summed E-state index contributed by atoms with van der Waals surface area (Å²) < 4.78 is 25.8. The number of carbonyl (C=O) groups excluding carboxylic acids is 5. The molecule has 1 saturated heterocycles. The second-order valence-corrected chi connectivity index (χ2v) is 22.1. The van der Waals surface area contributed by atoms with Gasteiger partial charge in [-0.25, -0.2) is 13.2 Å². The molecule has 3 amide bonds. The maximum absolute atomic E-state index is 14.8. The molecular weight excluding hydrogens is 679 g/mol. The number of hydrogen-bond donors (Lipinski definition) is 2. The fraction of sp³-hybridized carbons (Fsp3) is 0.829. The summed E-state index contributed by atoms with van der Waals surface area (Å²) in [6.07, 6.45) is 10.9. The van der Waals surface area contributed by atoms with Gasteiger partial charge in [-0.2, -0.15) is 0 Å². The van der Waals surface area contributed by atoms with Gasteiger partial charge in [0.15, 0.2) is 21.4 Å². The second kappa shape index (κ2) is 16.0. The topological polar surface area (TPSA) is 147 Å². The van der Waals surface area contributed by atoms with E-state index in [1.165, 1.54) is 0 Å². The van der Waals surface area contributed by atoms with E-state index in [1.807, 2.05) is 20.8 Å². The van der Waals surface area contributed by atoms with Crippen molar-refractivity contribution in [3.63, 3.8) is 0 Å². The number of amides is 3. The van der Waals surface area contributed by atoms with Crippen LogP contribution >= 0.6 is 0 Å². The van der Waals surface area contributed by atoms with E-state index in [0.29, 0.717) is 38.1 Å². The lowest BCUT2D eigenvalue weighted by molar-refractivity contribution is -0.144. The van der Waals surface area contributed by atoms with Crippen molar-refractivity contribution in [2.45, 2.75) is 168 Å². The van der Waals surface area contributed by atoms with Gasteiger partial charge in [-0.3, -0.25) is 19.2 Å². The molecule has 0 spiro atoms. The predicted molar refractivity (Wildman–Crippen MR) is 204 cm³/mol. The van der Waals surface area contributed by atoms with Crippen LogP contribution in [0.4, 0.5) is 4.79 Å². The maximum Gasteiger partial charge on any atom is 0.315 e. The van der Waals surface area contributed by atoms with Crippen LogP contribution in [0.1, 0.15) is 145 Å². The summed E-state index contributed by atoms with van der Waals surface area (Å²) in [6, 6.07) is -2.35. The molecule has 2 N–H and O–H groups in total. The number of allylic oxidation sites excluding steroid dienone is 1. The molecule has 4 fully saturated rings. The summed E-state index contributed by atoms with van der Waals surface area (Å²) in [5, 5.41) is 6.00. The van der Waals surface area contributed by atoms with Crippen LogP contribution in [0.5, 0.6) is 0 Å². The first-order chi connectivity index (χ1) is 24.0. The lowest BCUT2D eigenvalue weighted by Gasteiger charge is -2.41. The van der Waals surface area contributed by atoms with E-state index in [-0.39, 0.29) is 47.5 Å². The van der Waals surface area contributed by atoms with Crippen molar-refractivity contribution in [3.8, 4) is 0 Å². The zero-order valence-electron chi connectivity index (χ0n) is 33.3. The third-order valence-corrected chi connectivity index (χ3v) is 15.7. The Kier molecular flexibility index (Phi) is 13.0. The molecule has 1 heterocycles. The molecule has 52 heavy (non-hydrogen) atoms. The van der Waals surface area contributed by atoms with E-state index in [0.717, 1.165) is 51.4 Å². The molecular formula is C41H67N3O7S. The van der Waals surface area contributed by atoms with E-state index in [2.05, 4.69) is 31.1 Å². The summed E-state index contributed by atoms with van der Waals surface area (Å²) >= 11 is 0. The summed E-state index contributed by atoms with van der Waals surface area (Å²) in [7, 11) is -3.56. The summed E-state index contributed by atoms with van der Waals surface area (Å²) in [4.78, 5) is 71.3. The molecule has 0 aromatic rings. The largest absolute Gasteiger partial charge is 0.332 e. The monoisotopic (exact) mass is 745 g/mol. The SMILES string of the molecule is C=CCCC(=O)C(=O)C(CC(=O)[C@@H]1[C@H]2CCC(C)(C)[C@H]2CN1C(=O)[C@@H](NC(=O)NC1(CS(=O)(=O)C(C)(C)C)CCCCC1)C(C)(C)C)CC1CCC1. The molecule has 4 aliphatic rings. The Labute approximate surface area is 313 Å². The van der Waals surface area contributed by atoms with Gasteiger partial charge in [-0.1, -0.05) is 79.2 Å². The first kappa shape index (κ1) is 42.2. The van der Waals surface area contributed by atoms with Crippen LogP contribution in [0, 0.1) is 34.5 Å². The molecule has 10 nitrogen and oxygen atoms in total. The molecule has 1 aliphatic heterocycles. The first-order valence-corrected chi connectivity index (χ1v) is 21.5. The number of nitrogens with one attached hydrogen (secondary N) is 2. The molecule has 3 aliphatic carbocycles. The number of Topliss-reactive ketones (excluding diaryl/α,β-unsaturated/α-hetero) is 3. The van der Waals surface area contributed by atoms with Gasteiger partial charge in [0, 0.05) is 25.3 Å². The molecule has 3 saturated carbocycles. The molecule has 5 atom stereocenters. The van der Waals surface area contributed by atoms with E-state index in [1.54, 1.807) is 31.7 Å². The van der Waals surface area contributed by atoms with Gasteiger partial charge < -0.3 is 15.5 Å². The molecule has 4 rings (SSSR count). The third kappa shape index (κ3) is 9.56. The van der Waals surface area contributed by atoms with Crippen LogP contribution in [0.2, 0.25) is 0 Å². The lowest BCUT2D eigenvalue weighted by Crippen LogP contribution is -2.63. The Balaban J connectivity index is 1.60. The Morgan fingerprint density at radius 1 is 0.923 bits per heavy atom. The minimum Gasteiger partial charge on any atom is -0.332 e. The highest BCUT2D eigenvalue weighted by Crippen LogP contribution is 2.53.